The Balaban J connectivity index is 1.31. The fourth-order valence-corrected chi connectivity index (χ4v) is 4.46. The number of morpholine rings is 1. The molecule has 2 fully saturated rings. The molecule has 2 aromatic carbocycles. The molecular weight excluding hydrogens is 432 g/mol. The van der Waals surface area contributed by atoms with Gasteiger partial charge in [-0.15, -0.1) is 0 Å². The lowest BCUT2D eigenvalue weighted by atomic mass is 10.0. The van der Waals surface area contributed by atoms with Crippen LogP contribution >= 0.6 is 0 Å². The Kier molecular flexibility index (Phi) is 6.15. The zero-order chi connectivity index (χ0) is 23.7. The number of carbonyl (C=O) groups is 2. The topological polar surface area (TPSA) is 93.5 Å². The molecule has 8 heteroatoms. The lowest BCUT2D eigenvalue weighted by Gasteiger charge is -2.27. The SMILES string of the molecule is Cc1c(NC(=O)CCc2nc3ccccc3c(=O)n2C2CC2)cccc1C(=O)N1CCOCC1. The lowest BCUT2D eigenvalue weighted by molar-refractivity contribution is -0.116. The average molecular weight is 461 g/mol. The zero-order valence-corrected chi connectivity index (χ0v) is 19.3. The minimum Gasteiger partial charge on any atom is -0.378 e. The van der Waals surface area contributed by atoms with E-state index >= 15 is 0 Å². The van der Waals surface area contributed by atoms with Crippen molar-refractivity contribution >= 4 is 28.4 Å². The van der Waals surface area contributed by atoms with Crippen LogP contribution in [0, 0.1) is 6.92 Å². The van der Waals surface area contributed by atoms with Gasteiger partial charge in [-0.25, -0.2) is 4.98 Å². The van der Waals surface area contributed by atoms with Gasteiger partial charge in [0.05, 0.1) is 24.1 Å². The molecule has 0 atom stereocenters. The van der Waals surface area contributed by atoms with Gasteiger partial charge in [0.1, 0.15) is 5.82 Å². The second-order valence-corrected chi connectivity index (χ2v) is 8.88. The molecule has 3 aromatic rings. The monoisotopic (exact) mass is 460 g/mol. The van der Waals surface area contributed by atoms with Crippen molar-refractivity contribution in [2.75, 3.05) is 31.6 Å². The van der Waals surface area contributed by atoms with Gasteiger partial charge in [-0.3, -0.25) is 19.0 Å². The van der Waals surface area contributed by atoms with E-state index in [0.29, 0.717) is 60.7 Å². The van der Waals surface area contributed by atoms with Crippen molar-refractivity contribution in [1.82, 2.24) is 14.5 Å². The van der Waals surface area contributed by atoms with Crippen molar-refractivity contribution in [3.63, 3.8) is 0 Å². The van der Waals surface area contributed by atoms with Gasteiger partial charge in [-0.05, 0) is 49.6 Å². The molecule has 0 bridgehead atoms. The number of hydrogen-bond donors (Lipinski definition) is 1. The molecular formula is C26H28N4O4. The molecule has 1 N–H and O–H groups in total. The Morgan fingerprint density at radius 2 is 1.85 bits per heavy atom. The van der Waals surface area contributed by atoms with Crippen molar-refractivity contribution in [3.05, 3.63) is 69.8 Å². The summed E-state index contributed by atoms with van der Waals surface area (Å²) in [4.78, 5) is 45.3. The zero-order valence-electron chi connectivity index (χ0n) is 19.3. The molecule has 176 valence electrons. The maximum atomic E-state index is 13.0. The first-order chi connectivity index (χ1) is 16.5. The van der Waals surface area contributed by atoms with E-state index in [-0.39, 0.29) is 29.8 Å². The fraction of sp³-hybridized carbons (Fsp3) is 0.385. The highest BCUT2D eigenvalue weighted by Crippen LogP contribution is 2.35. The molecule has 0 unspecified atom stereocenters. The van der Waals surface area contributed by atoms with Crippen LogP contribution in [0.3, 0.4) is 0 Å². The Hall–Kier alpha value is -3.52. The summed E-state index contributed by atoms with van der Waals surface area (Å²) >= 11 is 0. The van der Waals surface area contributed by atoms with Crippen LogP contribution in [0.2, 0.25) is 0 Å². The third-order valence-corrected chi connectivity index (χ3v) is 6.51. The van der Waals surface area contributed by atoms with Crippen LogP contribution in [0.1, 0.15) is 47.1 Å². The van der Waals surface area contributed by atoms with Gasteiger partial charge >= 0.3 is 0 Å². The fourth-order valence-electron chi connectivity index (χ4n) is 4.46. The van der Waals surface area contributed by atoms with Gasteiger partial charge in [0.2, 0.25) is 5.91 Å². The van der Waals surface area contributed by atoms with Crippen molar-refractivity contribution < 1.29 is 14.3 Å². The minimum absolute atomic E-state index is 0.0336. The number of ether oxygens (including phenoxy) is 1. The van der Waals surface area contributed by atoms with E-state index in [1.165, 1.54) is 0 Å². The van der Waals surface area contributed by atoms with E-state index in [2.05, 4.69) is 5.32 Å². The third-order valence-electron chi connectivity index (χ3n) is 6.51. The Morgan fingerprint density at radius 3 is 2.62 bits per heavy atom. The number of rotatable bonds is 6. The molecule has 1 aliphatic carbocycles. The summed E-state index contributed by atoms with van der Waals surface area (Å²) in [6.07, 6.45) is 2.48. The summed E-state index contributed by atoms with van der Waals surface area (Å²) in [6.45, 7) is 4.05. The summed E-state index contributed by atoms with van der Waals surface area (Å²) in [6, 6.07) is 12.9. The summed E-state index contributed by atoms with van der Waals surface area (Å²) in [5.41, 5.74) is 2.57. The van der Waals surface area contributed by atoms with Gasteiger partial charge in [0.25, 0.3) is 11.5 Å². The Bertz CT molecular complexity index is 1310. The molecule has 1 saturated heterocycles. The first-order valence-electron chi connectivity index (χ1n) is 11.8. The van der Waals surface area contributed by atoms with Gasteiger partial charge in [0, 0.05) is 43.2 Å². The molecule has 8 nitrogen and oxygen atoms in total. The van der Waals surface area contributed by atoms with Crippen molar-refractivity contribution in [2.24, 2.45) is 0 Å². The van der Waals surface area contributed by atoms with Crippen LogP contribution in [0.5, 0.6) is 0 Å². The first-order valence-corrected chi connectivity index (χ1v) is 11.8. The van der Waals surface area contributed by atoms with Gasteiger partial charge < -0.3 is 15.0 Å². The number of anilines is 1. The number of carbonyl (C=O) groups excluding carboxylic acids is 2. The van der Waals surface area contributed by atoms with Crippen LogP contribution in [-0.2, 0) is 16.0 Å². The molecule has 5 rings (SSSR count). The predicted molar refractivity (Wildman–Crippen MR) is 129 cm³/mol. The smallest absolute Gasteiger partial charge is 0.261 e. The van der Waals surface area contributed by atoms with E-state index in [0.717, 1.165) is 18.4 Å². The third kappa shape index (κ3) is 4.46. The number of para-hydroxylation sites is 1. The number of aryl methyl sites for hydroxylation is 1. The molecule has 2 amide bonds. The Labute approximate surface area is 197 Å². The second kappa shape index (κ2) is 9.38. The van der Waals surface area contributed by atoms with Gasteiger partial charge in [-0.1, -0.05) is 18.2 Å². The molecule has 2 aliphatic rings. The van der Waals surface area contributed by atoms with E-state index < -0.39 is 0 Å². The quantitative estimate of drug-likeness (QED) is 0.610. The summed E-state index contributed by atoms with van der Waals surface area (Å²) in [5, 5.41) is 3.56. The predicted octanol–water partition coefficient (Wildman–Crippen LogP) is 3.08. The molecule has 2 heterocycles. The van der Waals surface area contributed by atoms with Crippen molar-refractivity contribution in [1.29, 1.82) is 0 Å². The van der Waals surface area contributed by atoms with Crippen molar-refractivity contribution in [3.8, 4) is 0 Å². The van der Waals surface area contributed by atoms with Crippen molar-refractivity contribution in [2.45, 2.75) is 38.6 Å². The summed E-state index contributed by atoms with van der Waals surface area (Å²) in [5.74, 6) is 0.420. The van der Waals surface area contributed by atoms with E-state index in [9.17, 15) is 14.4 Å². The highest BCUT2D eigenvalue weighted by atomic mass is 16.5. The number of aromatic nitrogens is 2. The molecule has 1 saturated carbocycles. The lowest BCUT2D eigenvalue weighted by Crippen LogP contribution is -2.41. The highest BCUT2D eigenvalue weighted by molar-refractivity contribution is 5.99. The molecule has 0 spiro atoms. The van der Waals surface area contributed by atoms with E-state index in [1.807, 2.05) is 25.1 Å². The maximum Gasteiger partial charge on any atom is 0.261 e. The number of benzene rings is 2. The molecule has 34 heavy (non-hydrogen) atoms. The molecule has 0 radical (unpaired) electrons. The largest absolute Gasteiger partial charge is 0.378 e. The van der Waals surface area contributed by atoms with Crippen LogP contribution in [-0.4, -0.2) is 52.6 Å². The van der Waals surface area contributed by atoms with Crippen LogP contribution in [0.4, 0.5) is 5.69 Å². The average Bonchev–Trinajstić information content (AvgIpc) is 3.69. The van der Waals surface area contributed by atoms with Crippen LogP contribution in [0.25, 0.3) is 10.9 Å². The summed E-state index contributed by atoms with van der Waals surface area (Å²) in [7, 11) is 0. The molecule has 1 aromatic heterocycles. The normalized spacial score (nSPS) is 16.0. The maximum absolute atomic E-state index is 13.0. The molecule has 1 aliphatic heterocycles. The van der Waals surface area contributed by atoms with Gasteiger partial charge in [0.15, 0.2) is 0 Å². The highest BCUT2D eigenvalue weighted by Gasteiger charge is 2.28. The number of nitrogens with one attached hydrogen (secondary N) is 1. The van der Waals surface area contributed by atoms with E-state index in [1.54, 1.807) is 33.7 Å². The minimum atomic E-state index is -0.177. The first kappa shape index (κ1) is 22.3. The van der Waals surface area contributed by atoms with Gasteiger partial charge in [-0.2, -0.15) is 0 Å². The number of fused-ring (bicyclic) bond motifs is 1. The Morgan fingerprint density at radius 1 is 1.09 bits per heavy atom. The summed E-state index contributed by atoms with van der Waals surface area (Å²) < 4.78 is 7.10. The number of amides is 2. The van der Waals surface area contributed by atoms with Crippen LogP contribution in [0.15, 0.2) is 47.3 Å². The standard InChI is InChI=1S/C26H28N4O4/c1-17-19(25(32)29-13-15-34-16-14-29)6-4-8-21(17)28-24(31)12-11-23-27-22-7-3-2-5-20(22)26(33)30(23)18-9-10-18/h2-8,18H,9-16H2,1H3,(H,28,31). The van der Waals surface area contributed by atoms with Crippen LogP contribution < -0.4 is 10.9 Å². The second-order valence-electron chi connectivity index (χ2n) is 8.88. The number of hydrogen-bond acceptors (Lipinski definition) is 5. The van der Waals surface area contributed by atoms with E-state index in [4.69, 9.17) is 9.72 Å². The number of nitrogens with zero attached hydrogens (tertiary/aromatic N) is 3.